The zero-order valence-electron chi connectivity index (χ0n) is 14.1. The number of ether oxygens (including phenoxy) is 1. The predicted octanol–water partition coefficient (Wildman–Crippen LogP) is 3.29. The van der Waals surface area contributed by atoms with Crippen LogP contribution in [0.2, 0.25) is 0 Å². The van der Waals surface area contributed by atoms with Crippen LogP contribution in [0.15, 0.2) is 18.2 Å². The largest absolute Gasteiger partial charge is 0.469 e. The topological polar surface area (TPSA) is 46.6 Å². The van der Waals surface area contributed by atoms with Crippen molar-refractivity contribution in [1.82, 2.24) is 4.90 Å². The highest BCUT2D eigenvalue weighted by molar-refractivity contribution is 5.77. The minimum absolute atomic E-state index is 0.0731. The van der Waals surface area contributed by atoms with Gasteiger partial charge in [-0.05, 0) is 42.4 Å². The van der Waals surface area contributed by atoms with Crippen molar-refractivity contribution in [3.05, 3.63) is 35.4 Å². The number of halogens is 2. The van der Waals surface area contributed by atoms with Gasteiger partial charge in [-0.25, -0.2) is 8.78 Å². The molecule has 0 N–H and O–H groups in total. The van der Waals surface area contributed by atoms with Crippen molar-refractivity contribution in [2.24, 2.45) is 11.8 Å². The van der Waals surface area contributed by atoms with Gasteiger partial charge in [-0.3, -0.25) is 9.59 Å². The fourth-order valence-corrected chi connectivity index (χ4v) is 2.72. The summed E-state index contributed by atoms with van der Waals surface area (Å²) in [5, 5.41) is 0. The maximum absolute atomic E-state index is 13.4. The van der Waals surface area contributed by atoms with Gasteiger partial charge in [-0.2, -0.15) is 0 Å². The van der Waals surface area contributed by atoms with Gasteiger partial charge >= 0.3 is 5.97 Å². The zero-order valence-corrected chi connectivity index (χ0v) is 14.1. The fourth-order valence-electron chi connectivity index (χ4n) is 2.72. The third kappa shape index (κ3) is 5.28. The van der Waals surface area contributed by atoms with Crippen LogP contribution in [0.4, 0.5) is 8.78 Å². The van der Waals surface area contributed by atoms with Gasteiger partial charge in [0.2, 0.25) is 5.91 Å². The van der Waals surface area contributed by atoms with E-state index >= 15 is 0 Å². The normalized spacial score (nSPS) is 15.0. The van der Waals surface area contributed by atoms with Crippen LogP contribution < -0.4 is 0 Å². The molecule has 1 aromatic carbocycles. The van der Waals surface area contributed by atoms with Crippen molar-refractivity contribution < 1.29 is 23.1 Å². The van der Waals surface area contributed by atoms with E-state index in [9.17, 15) is 18.4 Å². The summed E-state index contributed by atoms with van der Waals surface area (Å²) < 4.78 is 31.0. The van der Waals surface area contributed by atoms with Crippen molar-refractivity contribution in [3.8, 4) is 0 Å². The summed E-state index contributed by atoms with van der Waals surface area (Å²) in [5.41, 5.74) is 0.492. The van der Waals surface area contributed by atoms with E-state index in [0.29, 0.717) is 23.8 Å². The van der Waals surface area contributed by atoms with Crippen molar-refractivity contribution in [3.63, 3.8) is 0 Å². The maximum Gasteiger partial charge on any atom is 0.307 e. The van der Waals surface area contributed by atoms with Crippen LogP contribution in [0.25, 0.3) is 0 Å². The van der Waals surface area contributed by atoms with E-state index in [-0.39, 0.29) is 25.4 Å². The summed E-state index contributed by atoms with van der Waals surface area (Å²) in [6.45, 7) is 2.39. The van der Waals surface area contributed by atoms with E-state index in [1.165, 1.54) is 18.1 Å². The first-order valence-corrected chi connectivity index (χ1v) is 8.19. The molecule has 0 aromatic heterocycles. The number of nitrogens with zero attached hydrogens (tertiary/aromatic N) is 1. The van der Waals surface area contributed by atoms with E-state index in [1.54, 1.807) is 0 Å². The molecule has 1 fully saturated rings. The van der Waals surface area contributed by atoms with Gasteiger partial charge in [0.15, 0.2) is 11.6 Å². The minimum atomic E-state index is -0.945. The lowest BCUT2D eigenvalue weighted by Gasteiger charge is -2.24. The van der Waals surface area contributed by atoms with Crippen molar-refractivity contribution >= 4 is 11.9 Å². The molecule has 0 radical (unpaired) electrons. The number of esters is 1. The van der Waals surface area contributed by atoms with Crippen molar-refractivity contribution in [1.29, 1.82) is 0 Å². The molecule has 1 amide bonds. The lowest BCUT2D eigenvalue weighted by Crippen LogP contribution is -2.34. The second kappa shape index (κ2) is 8.22. The van der Waals surface area contributed by atoms with Crippen LogP contribution >= 0.6 is 0 Å². The van der Waals surface area contributed by atoms with Crippen LogP contribution in [-0.4, -0.2) is 30.4 Å². The zero-order chi connectivity index (χ0) is 17.7. The van der Waals surface area contributed by atoms with Gasteiger partial charge in [0.05, 0.1) is 13.5 Å². The number of amides is 1. The number of benzene rings is 1. The van der Waals surface area contributed by atoms with Gasteiger partial charge in [0.1, 0.15) is 0 Å². The van der Waals surface area contributed by atoms with Crippen molar-refractivity contribution in [2.45, 2.75) is 39.2 Å². The summed E-state index contributed by atoms with van der Waals surface area (Å²) in [7, 11) is 1.29. The average molecular weight is 339 g/mol. The molecule has 0 bridgehead atoms. The Morgan fingerprint density at radius 2 is 2.00 bits per heavy atom. The summed E-state index contributed by atoms with van der Waals surface area (Å²) in [4.78, 5) is 25.4. The first-order chi connectivity index (χ1) is 11.4. The molecule has 1 unspecified atom stereocenters. The Morgan fingerprint density at radius 3 is 2.58 bits per heavy atom. The Hall–Kier alpha value is -1.98. The van der Waals surface area contributed by atoms with Crippen molar-refractivity contribution in [2.75, 3.05) is 13.7 Å². The molecule has 1 aliphatic carbocycles. The summed E-state index contributed by atoms with van der Waals surface area (Å²) in [6, 6.07) is 3.57. The molecule has 0 spiro atoms. The second-order valence-electron chi connectivity index (χ2n) is 6.41. The SMILES string of the molecule is COC(=O)CCN(Cc1ccc(F)c(F)c1)C(=O)CC(C)C1CC1. The highest BCUT2D eigenvalue weighted by atomic mass is 19.2. The molecule has 4 nitrogen and oxygen atoms in total. The first kappa shape index (κ1) is 18.4. The second-order valence-corrected chi connectivity index (χ2v) is 6.41. The molecule has 1 aliphatic rings. The van der Waals surface area contributed by atoms with Gasteiger partial charge in [0, 0.05) is 19.5 Å². The van der Waals surface area contributed by atoms with E-state index in [4.69, 9.17) is 0 Å². The fraction of sp³-hybridized carbons (Fsp3) is 0.556. The predicted molar refractivity (Wildman–Crippen MR) is 84.9 cm³/mol. The molecular formula is C18H23F2NO3. The minimum Gasteiger partial charge on any atom is -0.469 e. The van der Waals surface area contributed by atoms with Crippen LogP contribution in [0.1, 0.15) is 38.2 Å². The van der Waals surface area contributed by atoms with Crippen LogP contribution in [0.5, 0.6) is 0 Å². The van der Waals surface area contributed by atoms with Gasteiger partial charge < -0.3 is 9.64 Å². The van der Waals surface area contributed by atoms with Crippen LogP contribution in [0.3, 0.4) is 0 Å². The molecule has 0 aliphatic heterocycles. The highest BCUT2D eigenvalue weighted by Gasteiger charge is 2.30. The van der Waals surface area contributed by atoms with Crippen LogP contribution in [0, 0.1) is 23.5 Å². The van der Waals surface area contributed by atoms with E-state index in [0.717, 1.165) is 25.0 Å². The molecule has 1 aromatic rings. The number of hydrogen-bond donors (Lipinski definition) is 0. The highest BCUT2D eigenvalue weighted by Crippen LogP contribution is 2.38. The van der Waals surface area contributed by atoms with E-state index in [2.05, 4.69) is 4.74 Å². The average Bonchev–Trinajstić information content (AvgIpc) is 3.39. The monoisotopic (exact) mass is 339 g/mol. The Balaban J connectivity index is 2.03. The summed E-state index contributed by atoms with van der Waals surface area (Å²) >= 11 is 0. The number of carbonyl (C=O) groups excluding carboxylic acids is 2. The van der Waals surface area contributed by atoms with E-state index in [1.807, 2.05) is 6.92 Å². The summed E-state index contributed by atoms with van der Waals surface area (Å²) in [5.74, 6) is -1.47. The molecule has 0 heterocycles. The molecular weight excluding hydrogens is 316 g/mol. The molecule has 132 valence electrons. The number of rotatable bonds is 8. The Labute approximate surface area is 140 Å². The van der Waals surface area contributed by atoms with Crippen LogP contribution in [-0.2, 0) is 20.9 Å². The maximum atomic E-state index is 13.4. The molecule has 1 atom stereocenters. The molecule has 2 rings (SSSR count). The van der Waals surface area contributed by atoms with Gasteiger partial charge in [0.25, 0.3) is 0 Å². The molecule has 0 saturated heterocycles. The number of carbonyl (C=O) groups is 2. The Morgan fingerprint density at radius 1 is 1.29 bits per heavy atom. The van der Waals surface area contributed by atoms with Gasteiger partial charge in [-0.1, -0.05) is 13.0 Å². The third-order valence-corrected chi connectivity index (χ3v) is 4.45. The Bertz CT molecular complexity index is 602. The number of methoxy groups -OCH3 is 1. The number of hydrogen-bond acceptors (Lipinski definition) is 3. The quantitative estimate of drug-likeness (QED) is 0.683. The van der Waals surface area contributed by atoms with Gasteiger partial charge in [-0.15, -0.1) is 0 Å². The summed E-state index contributed by atoms with van der Waals surface area (Å²) in [6.07, 6.45) is 2.78. The Kier molecular flexibility index (Phi) is 6.29. The smallest absolute Gasteiger partial charge is 0.307 e. The first-order valence-electron chi connectivity index (χ1n) is 8.19. The molecule has 1 saturated carbocycles. The third-order valence-electron chi connectivity index (χ3n) is 4.45. The molecule has 6 heteroatoms. The standard InChI is InChI=1S/C18H23F2NO3/c1-12(14-4-5-14)9-17(22)21(8-7-18(23)24-2)11-13-3-6-15(19)16(20)10-13/h3,6,10,12,14H,4-5,7-9,11H2,1-2H3. The lowest BCUT2D eigenvalue weighted by molar-refractivity contribution is -0.142. The van der Waals surface area contributed by atoms with E-state index < -0.39 is 17.6 Å². The lowest BCUT2D eigenvalue weighted by atomic mass is 10.0. The molecule has 24 heavy (non-hydrogen) atoms.